The maximum absolute atomic E-state index is 14.6. The summed E-state index contributed by atoms with van der Waals surface area (Å²) in [5, 5.41) is 55.7. The zero-order valence-corrected chi connectivity index (χ0v) is 61.4. The van der Waals surface area contributed by atoms with Gasteiger partial charge in [0.05, 0.1) is 51.9 Å². The first-order valence-corrected chi connectivity index (χ1v) is 36.2. The molecule has 0 radical (unpaired) electrons. The fraction of sp³-hybridized carbons (Fsp3) is 0.507. The summed E-state index contributed by atoms with van der Waals surface area (Å²) < 4.78 is 0. The van der Waals surface area contributed by atoms with Crippen molar-refractivity contribution in [1.29, 1.82) is 0 Å². The fourth-order valence-electron chi connectivity index (χ4n) is 11.5. The van der Waals surface area contributed by atoms with Crippen molar-refractivity contribution in [2.24, 2.45) is 17.6 Å². The molecule has 0 aliphatic carbocycles. The Bertz CT molecular complexity index is 3810. The lowest BCUT2D eigenvalue weighted by molar-refractivity contribution is -0.140. The average molecular weight is 1510 g/mol. The number of imidazole rings is 2. The van der Waals surface area contributed by atoms with Gasteiger partial charge in [0.25, 0.3) is 5.91 Å². The summed E-state index contributed by atoms with van der Waals surface area (Å²) in [6.07, 6.45) is 9.13. The number of carbonyl (C=O) groups is 14. The Hall–Kier alpha value is -10.8. The lowest BCUT2D eigenvalue weighted by Gasteiger charge is -2.32. The van der Waals surface area contributed by atoms with E-state index >= 15 is 0 Å². The monoisotopic (exact) mass is 1510 g/mol. The maximum Gasteiger partial charge on any atom is 0.317 e. The van der Waals surface area contributed by atoms with Crippen LogP contribution in [0.15, 0.2) is 79.8 Å². The molecule has 11 amide bonds. The van der Waals surface area contributed by atoms with E-state index in [0.717, 1.165) is 10.9 Å². The number of fused-ring (bicyclic) bond motifs is 1. The van der Waals surface area contributed by atoms with Crippen LogP contribution in [0.2, 0.25) is 0 Å². The van der Waals surface area contributed by atoms with Crippen LogP contribution in [0, 0.1) is 11.8 Å². The molecule has 6 rings (SSSR count). The van der Waals surface area contributed by atoms with Crippen molar-refractivity contribution in [2.75, 3.05) is 109 Å². The summed E-state index contributed by atoms with van der Waals surface area (Å²) in [7, 11) is 0. The Labute approximate surface area is 621 Å². The molecule has 5 aromatic rings. The van der Waals surface area contributed by atoms with E-state index in [9.17, 15) is 82.4 Å². The molecule has 38 heteroatoms. The molecule has 0 spiro atoms. The van der Waals surface area contributed by atoms with E-state index in [4.69, 9.17) is 5.73 Å². The van der Waals surface area contributed by atoms with Gasteiger partial charge in [-0.15, -0.1) is 0 Å². The first-order valence-electron chi connectivity index (χ1n) is 34.8. The first-order chi connectivity index (χ1) is 50.9. The molecule has 7 atom stereocenters. The number of para-hydroxylation sites is 1. The number of rotatable bonds is 40. The van der Waals surface area contributed by atoms with Gasteiger partial charge in [0, 0.05) is 124 Å². The SMILES string of the molecule is CSCC[C@H](NC(=O)C(CC(C)C)NC(=O)[C@H](Cc1cnc[nH]1)NC(=O)CNC(=O)C(NC(=O)[C@H](C)NC(=O)[C@H](Cc1c[nH]c2ccccc12)NC(=O)[C@H](Cc1cnc[nH]1)NC(=O)c1ccc(NC(=O)CNC(=O)CN2CCN(CC(=O)O)CCN(CC(=O)O)CCN(CC(=O)O)CC2)cc1)C(C)C)C(N)=O. The minimum Gasteiger partial charge on any atom is -0.480 e. The zero-order valence-electron chi connectivity index (χ0n) is 60.6. The molecule has 582 valence electrons. The van der Waals surface area contributed by atoms with E-state index in [-0.39, 0.29) is 128 Å². The Morgan fingerprint density at radius 3 is 1.50 bits per heavy atom. The van der Waals surface area contributed by atoms with Crippen LogP contribution in [-0.2, 0) is 81.6 Å². The van der Waals surface area contributed by atoms with Gasteiger partial charge in [-0.25, -0.2) is 9.97 Å². The third-order valence-corrected chi connectivity index (χ3v) is 17.9. The highest BCUT2D eigenvalue weighted by atomic mass is 32.2. The number of anilines is 1. The van der Waals surface area contributed by atoms with Crippen molar-refractivity contribution in [3.63, 3.8) is 0 Å². The molecule has 107 heavy (non-hydrogen) atoms. The van der Waals surface area contributed by atoms with Crippen LogP contribution in [0.4, 0.5) is 5.69 Å². The Morgan fingerprint density at radius 2 is 1.00 bits per heavy atom. The summed E-state index contributed by atoms with van der Waals surface area (Å²) in [5.74, 6) is -11.7. The van der Waals surface area contributed by atoms with Crippen LogP contribution in [-0.4, -0.2) is 289 Å². The van der Waals surface area contributed by atoms with Gasteiger partial charge < -0.3 is 89.2 Å². The number of carboxylic acid groups (broad SMARTS) is 3. The molecule has 1 aliphatic rings. The number of H-pyrrole nitrogens is 3. The fourth-order valence-corrected chi connectivity index (χ4v) is 12.0. The third kappa shape index (κ3) is 29.6. The van der Waals surface area contributed by atoms with Crippen LogP contribution in [0.25, 0.3) is 10.9 Å². The lowest BCUT2D eigenvalue weighted by atomic mass is 10.0. The molecule has 1 aliphatic heterocycles. The number of nitrogens with two attached hydrogens (primary N) is 1. The van der Waals surface area contributed by atoms with Crippen LogP contribution >= 0.6 is 11.8 Å². The van der Waals surface area contributed by atoms with Crippen molar-refractivity contribution >= 4 is 111 Å². The second-order valence-corrected chi connectivity index (χ2v) is 27.6. The van der Waals surface area contributed by atoms with E-state index in [2.05, 4.69) is 78.1 Å². The number of thioether (sulfide) groups is 1. The Kier molecular flexibility index (Phi) is 34.2. The number of aromatic amines is 3. The first kappa shape index (κ1) is 85.1. The molecule has 2 aromatic carbocycles. The average Bonchev–Trinajstić information content (AvgIpc) is 1.70. The number of aromatic nitrogens is 5. The normalized spacial score (nSPS) is 15.4. The van der Waals surface area contributed by atoms with Gasteiger partial charge >= 0.3 is 17.9 Å². The van der Waals surface area contributed by atoms with Gasteiger partial charge in [0.15, 0.2) is 0 Å². The molecule has 2 unspecified atom stereocenters. The smallest absolute Gasteiger partial charge is 0.317 e. The number of benzene rings is 2. The molecule has 37 nitrogen and oxygen atoms in total. The summed E-state index contributed by atoms with van der Waals surface area (Å²) >= 11 is 1.46. The molecule has 18 N–H and O–H groups in total. The van der Waals surface area contributed by atoms with Gasteiger partial charge in [-0.2, -0.15) is 11.8 Å². The number of primary amides is 1. The van der Waals surface area contributed by atoms with Crippen molar-refractivity contribution in [3.8, 4) is 0 Å². The van der Waals surface area contributed by atoms with Crippen molar-refractivity contribution in [3.05, 3.63) is 102 Å². The summed E-state index contributed by atoms with van der Waals surface area (Å²) in [6.45, 7) is 7.27. The van der Waals surface area contributed by atoms with E-state index in [0.29, 0.717) is 22.7 Å². The molecule has 3 aromatic heterocycles. The highest BCUT2D eigenvalue weighted by molar-refractivity contribution is 7.98. The largest absolute Gasteiger partial charge is 0.480 e. The number of nitrogens with one attached hydrogen (secondary N) is 13. The highest BCUT2D eigenvalue weighted by Gasteiger charge is 2.35. The Balaban J connectivity index is 1.08. The molecule has 0 bridgehead atoms. The minimum atomic E-state index is -1.41. The number of carbonyl (C=O) groups excluding carboxylic acids is 11. The maximum atomic E-state index is 14.6. The predicted octanol–water partition coefficient (Wildman–Crippen LogP) is -3.04. The number of hydrogen-bond donors (Lipinski definition) is 17. The number of hydrogen-bond acceptors (Lipinski definition) is 21. The number of nitrogens with zero attached hydrogens (tertiary/aromatic N) is 6. The van der Waals surface area contributed by atoms with Gasteiger partial charge in [0.2, 0.25) is 59.1 Å². The summed E-state index contributed by atoms with van der Waals surface area (Å²) in [6, 6.07) is 3.92. The van der Waals surface area contributed by atoms with Crippen molar-refractivity contribution in [2.45, 2.75) is 109 Å². The lowest BCUT2D eigenvalue weighted by Crippen LogP contribution is -2.59. The summed E-state index contributed by atoms with van der Waals surface area (Å²) in [4.78, 5) is 210. The number of amides is 11. The molecular weight excluding hydrogens is 1410 g/mol. The van der Waals surface area contributed by atoms with E-state index in [1.54, 1.807) is 51.8 Å². The quantitative estimate of drug-likeness (QED) is 0.0185. The second-order valence-electron chi connectivity index (χ2n) is 26.6. The van der Waals surface area contributed by atoms with Gasteiger partial charge in [-0.05, 0) is 79.5 Å². The van der Waals surface area contributed by atoms with Crippen LogP contribution < -0.4 is 58.9 Å². The van der Waals surface area contributed by atoms with E-state index in [1.807, 2.05) is 32.2 Å². The highest BCUT2D eigenvalue weighted by Crippen LogP contribution is 2.20. The number of aliphatic carboxylic acids is 3. The second kappa shape index (κ2) is 43.0. The minimum absolute atomic E-state index is 0.0422. The van der Waals surface area contributed by atoms with Crippen molar-refractivity contribution < 1.29 is 82.4 Å². The molecule has 1 fully saturated rings. The van der Waals surface area contributed by atoms with Gasteiger partial charge in [-0.3, -0.25) is 86.7 Å². The zero-order chi connectivity index (χ0) is 78.3. The standard InChI is InChI=1S/C69H98N20O17S/c1-40(2)25-51(66(103)81-50(62(70)99)15-24-107-6)83-67(104)53(27-46-30-71-38-76-46)80-56(91)33-75-69(106)61(41(3)4)85-63(100)42(5)78-65(102)52(26-44-29-73-49-10-8-7-9-48(44)49)84-68(105)54(28-47-31-72-39-77-47)82-64(101)43-11-13-45(14-12-43)79-55(90)32-74-57(92)34-86-16-18-87(35-58(93)94)20-22-89(37-60(97)98)23-21-88(19-17-86)36-59(95)96/h7-14,29-31,38-42,50-54,61,73H,15-28,32-37H2,1-6H3,(H2,70,99)(H,71,76)(H,72,77)(H,74,92)(H,75,106)(H,78,102)(H,79,90)(H,80,91)(H,81,103)(H,82,101)(H,83,104)(H,84,105)(H,85,100)(H,93,94)(H,95,96)(H,97,98)/t42-,50-,51?,52-,53-,54-,61?/m0/s1. The van der Waals surface area contributed by atoms with E-state index in [1.165, 1.54) is 68.0 Å². The number of carboxylic acids is 3. The van der Waals surface area contributed by atoms with Crippen LogP contribution in [0.1, 0.15) is 74.8 Å². The molecule has 0 saturated carbocycles. The summed E-state index contributed by atoms with van der Waals surface area (Å²) in [5.41, 5.74) is 8.02. The molecular formula is C69H98N20O17S. The Morgan fingerprint density at radius 1 is 0.514 bits per heavy atom. The van der Waals surface area contributed by atoms with Gasteiger partial charge in [0.1, 0.15) is 42.3 Å². The van der Waals surface area contributed by atoms with Crippen molar-refractivity contribution in [1.82, 2.24) is 92.4 Å². The third-order valence-electron chi connectivity index (χ3n) is 17.2. The van der Waals surface area contributed by atoms with E-state index < -0.39 is 144 Å². The van der Waals surface area contributed by atoms with Crippen LogP contribution in [0.3, 0.4) is 0 Å². The van der Waals surface area contributed by atoms with Crippen LogP contribution in [0.5, 0.6) is 0 Å². The molecule has 4 heterocycles. The molecule has 1 saturated heterocycles. The topological polar surface area (TPSA) is 532 Å². The van der Waals surface area contributed by atoms with Gasteiger partial charge in [-0.1, -0.05) is 45.9 Å². The predicted molar refractivity (Wildman–Crippen MR) is 391 cm³/mol.